The molecular weight excluding hydrogens is 426 g/mol. The number of hydrogen-bond donors (Lipinski definition) is 1. The fourth-order valence-electron chi connectivity index (χ4n) is 6.05. The zero-order chi connectivity index (χ0) is 23.8. The van der Waals surface area contributed by atoms with Gasteiger partial charge in [-0.1, -0.05) is 19.1 Å². The van der Waals surface area contributed by atoms with Crippen LogP contribution in [-0.2, 0) is 23.2 Å². The van der Waals surface area contributed by atoms with Crippen molar-refractivity contribution in [1.82, 2.24) is 13.9 Å². The predicted molar refractivity (Wildman–Crippen MR) is 118 cm³/mol. The van der Waals surface area contributed by atoms with Crippen molar-refractivity contribution < 1.29 is 19.4 Å². The number of phenols is 1. The number of aromatic hydroxyl groups is 1. The van der Waals surface area contributed by atoms with Crippen molar-refractivity contribution in [3.8, 4) is 11.5 Å². The summed E-state index contributed by atoms with van der Waals surface area (Å²) >= 11 is 0. The van der Waals surface area contributed by atoms with E-state index in [1.165, 1.54) is 41.7 Å². The number of rotatable bonds is 2. The van der Waals surface area contributed by atoms with Crippen LogP contribution >= 0.6 is 0 Å². The molecule has 1 fully saturated rings. The molecule has 2 aliphatic carbocycles. The third-order valence-electron chi connectivity index (χ3n) is 7.62. The molecule has 2 heterocycles. The summed E-state index contributed by atoms with van der Waals surface area (Å²) in [6.45, 7) is 3.63. The number of carbonyl (C=O) groups excluding carboxylic acids is 2. The molecule has 1 aromatic heterocycles. The third-order valence-corrected chi connectivity index (χ3v) is 7.62. The van der Waals surface area contributed by atoms with Crippen LogP contribution in [0, 0.1) is 11.3 Å². The highest BCUT2D eigenvalue weighted by atomic mass is 16.5. The Kier molecular flexibility index (Phi) is 4.46. The summed E-state index contributed by atoms with van der Waals surface area (Å²) in [6, 6.07) is 4.13. The second kappa shape index (κ2) is 6.94. The van der Waals surface area contributed by atoms with Crippen LogP contribution in [-0.4, -0.2) is 37.7 Å². The van der Waals surface area contributed by atoms with Crippen molar-refractivity contribution in [3.63, 3.8) is 0 Å². The van der Waals surface area contributed by atoms with E-state index in [0.29, 0.717) is 16.9 Å². The van der Waals surface area contributed by atoms with E-state index >= 15 is 0 Å². The fourth-order valence-corrected chi connectivity index (χ4v) is 6.05. The lowest BCUT2D eigenvalue weighted by atomic mass is 9.51. The van der Waals surface area contributed by atoms with Gasteiger partial charge in [0.25, 0.3) is 0 Å². The Labute approximate surface area is 189 Å². The van der Waals surface area contributed by atoms with Crippen LogP contribution in [0.5, 0.6) is 11.5 Å². The van der Waals surface area contributed by atoms with Crippen LogP contribution in [0.3, 0.4) is 0 Å². The van der Waals surface area contributed by atoms with Gasteiger partial charge >= 0.3 is 11.4 Å². The Bertz CT molecular complexity index is 1400. The quantitative estimate of drug-likeness (QED) is 0.692. The smallest absolute Gasteiger partial charge is 0.347 e. The molecule has 1 aliphatic heterocycles. The Balaban J connectivity index is 1.82. The van der Waals surface area contributed by atoms with Crippen molar-refractivity contribution in [1.29, 1.82) is 0 Å². The van der Waals surface area contributed by atoms with E-state index in [1.807, 2.05) is 6.08 Å². The molecule has 0 amide bonds. The highest BCUT2D eigenvalue weighted by Gasteiger charge is 2.59. The van der Waals surface area contributed by atoms with Gasteiger partial charge in [0, 0.05) is 30.5 Å². The van der Waals surface area contributed by atoms with Gasteiger partial charge in [-0.05, 0) is 36.6 Å². The van der Waals surface area contributed by atoms with Gasteiger partial charge in [-0.15, -0.1) is 0 Å². The second-order valence-electron chi connectivity index (χ2n) is 9.26. The van der Waals surface area contributed by atoms with Crippen LogP contribution < -0.4 is 16.1 Å². The molecule has 0 bridgehead atoms. The van der Waals surface area contributed by atoms with E-state index in [0.717, 1.165) is 10.1 Å². The number of allylic oxidation sites excluding steroid dienone is 4. The number of hydrogen-bond acceptors (Lipinski definition) is 6. The number of carbonyl (C=O) groups is 2. The van der Waals surface area contributed by atoms with Crippen LogP contribution in [0.15, 0.2) is 51.1 Å². The molecule has 1 saturated carbocycles. The molecule has 2 aromatic rings. The van der Waals surface area contributed by atoms with E-state index < -0.39 is 34.7 Å². The van der Waals surface area contributed by atoms with Crippen molar-refractivity contribution in [3.05, 3.63) is 68.0 Å². The van der Waals surface area contributed by atoms with Crippen LogP contribution in [0.25, 0.3) is 0 Å². The number of nitrogens with zero attached hydrogens (tertiary/aromatic N) is 3. The average Bonchev–Trinajstić information content (AvgIpc) is 3.01. The maximum Gasteiger partial charge on any atom is 0.347 e. The van der Waals surface area contributed by atoms with E-state index in [1.54, 1.807) is 19.9 Å². The summed E-state index contributed by atoms with van der Waals surface area (Å²) in [5, 5.41) is 10.0. The van der Waals surface area contributed by atoms with Gasteiger partial charge in [-0.3, -0.25) is 9.59 Å². The fraction of sp³-hybridized carbons (Fsp3) is 0.417. The van der Waals surface area contributed by atoms with E-state index in [-0.39, 0.29) is 30.3 Å². The predicted octanol–water partition coefficient (Wildman–Crippen LogP) is 1.45. The monoisotopic (exact) mass is 451 g/mol. The number of aromatic nitrogens is 3. The highest BCUT2D eigenvalue weighted by Crippen LogP contribution is 2.60. The average molecular weight is 451 g/mol. The van der Waals surface area contributed by atoms with Gasteiger partial charge in [0.05, 0.1) is 25.1 Å². The van der Waals surface area contributed by atoms with Gasteiger partial charge in [0.1, 0.15) is 11.5 Å². The standard InChI is InChI=1S/C24H25N3O6/c1-12-9-18(29)16-11-17-14(7-8-26-22(31)25(3)23(32)27(17)26)20(24(16,2)21(12)30)15-6-5-13(28)10-19(15)33-4/h5-7,9-10,16-17,20,28H,8,11H2,1-4H3/t16-,17+,20+,24+/m0/s1. The molecule has 0 spiro atoms. The van der Waals surface area contributed by atoms with Gasteiger partial charge in [0.2, 0.25) is 0 Å². The van der Waals surface area contributed by atoms with Crippen molar-refractivity contribution in [2.24, 2.45) is 18.4 Å². The molecule has 33 heavy (non-hydrogen) atoms. The first-order chi connectivity index (χ1) is 15.6. The van der Waals surface area contributed by atoms with Crippen molar-refractivity contribution >= 4 is 11.6 Å². The molecule has 0 radical (unpaired) electrons. The number of Topliss-reactive ketones (excluding diaryl/α,β-unsaturated/α-hetero) is 1. The SMILES string of the molecule is COc1cc(O)ccc1[C@H]1C2=CCn3c(=O)n(C)c(=O)n3[C@@H]2C[C@H]2C(=O)C=C(C)C(=O)[C@@]12C. The van der Waals surface area contributed by atoms with E-state index in [2.05, 4.69) is 0 Å². The maximum absolute atomic E-state index is 13.7. The number of methoxy groups -OCH3 is 1. The summed E-state index contributed by atoms with van der Waals surface area (Å²) in [6.07, 6.45) is 3.50. The largest absolute Gasteiger partial charge is 0.508 e. The highest BCUT2D eigenvalue weighted by molar-refractivity contribution is 6.13. The molecule has 9 heteroatoms. The summed E-state index contributed by atoms with van der Waals surface area (Å²) in [7, 11) is 2.91. The molecule has 172 valence electrons. The number of phenolic OH excluding ortho intramolecular Hbond substituents is 1. The third kappa shape index (κ3) is 2.65. The summed E-state index contributed by atoms with van der Waals surface area (Å²) < 4.78 is 9.41. The number of fused-ring (bicyclic) bond motifs is 4. The van der Waals surface area contributed by atoms with Crippen molar-refractivity contribution in [2.75, 3.05) is 7.11 Å². The van der Waals surface area contributed by atoms with Crippen LogP contribution in [0.1, 0.15) is 37.8 Å². The lowest BCUT2D eigenvalue weighted by molar-refractivity contribution is -0.139. The zero-order valence-corrected chi connectivity index (χ0v) is 18.9. The first-order valence-electron chi connectivity index (χ1n) is 10.8. The molecule has 3 aliphatic rings. The first-order valence-corrected chi connectivity index (χ1v) is 10.8. The van der Waals surface area contributed by atoms with Gasteiger partial charge in [-0.2, -0.15) is 0 Å². The number of ether oxygens (including phenoxy) is 1. The Morgan fingerprint density at radius 2 is 1.88 bits per heavy atom. The number of benzene rings is 1. The minimum atomic E-state index is -1.11. The van der Waals surface area contributed by atoms with Gasteiger partial charge < -0.3 is 9.84 Å². The minimum absolute atomic E-state index is 0.0116. The molecule has 5 rings (SSSR count). The Hall–Kier alpha value is -3.62. The summed E-state index contributed by atoms with van der Waals surface area (Å²) in [4.78, 5) is 52.5. The Morgan fingerprint density at radius 1 is 1.15 bits per heavy atom. The topological polar surface area (TPSA) is 113 Å². The van der Waals surface area contributed by atoms with Crippen LogP contribution in [0.2, 0.25) is 0 Å². The molecule has 9 nitrogen and oxygen atoms in total. The van der Waals surface area contributed by atoms with E-state index in [9.17, 15) is 24.3 Å². The van der Waals surface area contributed by atoms with Crippen LogP contribution in [0.4, 0.5) is 0 Å². The molecule has 0 unspecified atom stereocenters. The molecule has 4 atom stereocenters. The van der Waals surface area contributed by atoms with Gasteiger partial charge in [0.15, 0.2) is 11.6 Å². The lowest BCUT2D eigenvalue weighted by Crippen LogP contribution is -2.54. The molecule has 0 saturated heterocycles. The first kappa shape index (κ1) is 21.2. The second-order valence-corrected chi connectivity index (χ2v) is 9.26. The molecular formula is C24H25N3O6. The normalized spacial score (nSPS) is 28.4. The van der Waals surface area contributed by atoms with Gasteiger partial charge in [-0.25, -0.2) is 23.5 Å². The maximum atomic E-state index is 13.7. The zero-order valence-electron chi connectivity index (χ0n) is 18.9. The van der Waals surface area contributed by atoms with Crippen molar-refractivity contribution in [2.45, 2.75) is 38.8 Å². The number of ketones is 2. The summed E-state index contributed by atoms with van der Waals surface area (Å²) in [5.74, 6) is -1.18. The van der Waals surface area contributed by atoms with E-state index in [4.69, 9.17) is 4.74 Å². The lowest BCUT2D eigenvalue weighted by Gasteiger charge is -2.52. The summed E-state index contributed by atoms with van der Waals surface area (Å²) in [5.41, 5.74) is -0.162. The molecule has 1 aromatic carbocycles. The molecule has 1 N–H and O–H groups in total. The minimum Gasteiger partial charge on any atom is -0.508 e. The Morgan fingerprint density at radius 3 is 2.58 bits per heavy atom.